The lowest BCUT2D eigenvalue weighted by atomic mass is 9.87. The molecule has 1 aromatic heterocycles. The van der Waals surface area contributed by atoms with Gasteiger partial charge in [0.15, 0.2) is 0 Å². The van der Waals surface area contributed by atoms with E-state index in [0.717, 1.165) is 18.4 Å². The van der Waals surface area contributed by atoms with Gasteiger partial charge in [0, 0.05) is 13.6 Å². The second-order valence-corrected chi connectivity index (χ2v) is 10.5. The zero-order chi connectivity index (χ0) is 27.9. The second-order valence-electron chi connectivity index (χ2n) is 8.86. The summed E-state index contributed by atoms with van der Waals surface area (Å²) in [5.41, 5.74) is 0.989. The predicted molar refractivity (Wildman–Crippen MR) is 129 cm³/mol. The van der Waals surface area contributed by atoms with E-state index in [1.165, 1.54) is 12.3 Å². The number of alkyl halides is 3. The molecule has 0 spiro atoms. The minimum Gasteiger partial charge on any atom is -0.478 e. The first-order chi connectivity index (χ1) is 16.4. The fraction of sp³-hybridized carbons (Fsp3) is 0.435. The molecule has 1 aromatic carbocycles. The SMILES string of the molecule is CCCCN(C)c1ncc(NS(=O)(=O)c2ccc(C(C)(C)C)cc2)cc1C(=O)O.O=C(O)C(F)(F)F. The highest BCUT2D eigenvalue weighted by Gasteiger charge is 2.38. The van der Waals surface area contributed by atoms with Gasteiger partial charge in [-0.2, -0.15) is 13.2 Å². The topological polar surface area (TPSA) is 137 Å². The van der Waals surface area contributed by atoms with E-state index in [1.54, 1.807) is 36.2 Å². The maximum atomic E-state index is 12.7. The normalized spacial score (nSPS) is 11.8. The summed E-state index contributed by atoms with van der Waals surface area (Å²) in [6.45, 7) is 8.85. The van der Waals surface area contributed by atoms with E-state index in [2.05, 4.69) is 9.71 Å². The van der Waals surface area contributed by atoms with Gasteiger partial charge in [0.2, 0.25) is 0 Å². The van der Waals surface area contributed by atoms with Gasteiger partial charge in [-0.3, -0.25) is 4.72 Å². The van der Waals surface area contributed by atoms with Crippen molar-refractivity contribution in [1.82, 2.24) is 4.98 Å². The van der Waals surface area contributed by atoms with Crippen molar-refractivity contribution in [2.24, 2.45) is 0 Å². The number of anilines is 2. The van der Waals surface area contributed by atoms with Crippen LogP contribution < -0.4 is 9.62 Å². The maximum absolute atomic E-state index is 12.7. The van der Waals surface area contributed by atoms with E-state index in [-0.39, 0.29) is 21.6 Å². The summed E-state index contributed by atoms with van der Waals surface area (Å²) in [5, 5.41) is 16.7. The average Bonchev–Trinajstić information content (AvgIpc) is 2.76. The van der Waals surface area contributed by atoms with E-state index in [1.807, 2.05) is 27.7 Å². The number of sulfonamides is 1. The van der Waals surface area contributed by atoms with Crippen LogP contribution >= 0.6 is 0 Å². The first-order valence-corrected chi connectivity index (χ1v) is 12.3. The van der Waals surface area contributed by atoms with Crippen LogP contribution in [0.25, 0.3) is 0 Å². The number of carbonyl (C=O) groups is 2. The molecule has 0 saturated heterocycles. The molecule has 0 saturated carbocycles. The van der Waals surface area contributed by atoms with Crippen molar-refractivity contribution >= 4 is 33.5 Å². The molecular weight excluding hydrogens is 503 g/mol. The van der Waals surface area contributed by atoms with Gasteiger partial charge < -0.3 is 15.1 Å². The third-order valence-corrected chi connectivity index (χ3v) is 6.23. The summed E-state index contributed by atoms with van der Waals surface area (Å²) >= 11 is 0. The molecule has 200 valence electrons. The molecule has 0 bridgehead atoms. The molecule has 0 radical (unpaired) electrons. The molecule has 0 amide bonds. The van der Waals surface area contributed by atoms with Crippen molar-refractivity contribution in [2.45, 2.75) is 57.0 Å². The van der Waals surface area contributed by atoms with Crippen molar-refractivity contribution in [3.05, 3.63) is 47.7 Å². The highest BCUT2D eigenvalue weighted by Crippen LogP contribution is 2.26. The number of aliphatic carboxylic acids is 1. The van der Waals surface area contributed by atoms with Crippen LogP contribution in [0.2, 0.25) is 0 Å². The highest BCUT2D eigenvalue weighted by molar-refractivity contribution is 7.92. The largest absolute Gasteiger partial charge is 0.490 e. The Hall–Kier alpha value is -3.35. The molecule has 0 aliphatic rings. The van der Waals surface area contributed by atoms with Crippen molar-refractivity contribution in [2.75, 3.05) is 23.2 Å². The van der Waals surface area contributed by atoms with Gasteiger partial charge >= 0.3 is 18.1 Å². The third kappa shape index (κ3) is 9.02. The first-order valence-electron chi connectivity index (χ1n) is 10.8. The lowest BCUT2D eigenvalue weighted by molar-refractivity contribution is -0.192. The molecule has 0 fully saturated rings. The summed E-state index contributed by atoms with van der Waals surface area (Å²) in [5.74, 6) is -3.61. The van der Waals surface area contributed by atoms with Crippen molar-refractivity contribution in [1.29, 1.82) is 0 Å². The van der Waals surface area contributed by atoms with Gasteiger partial charge in [0.05, 0.1) is 16.8 Å². The van der Waals surface area contributed by atoms with Crippen molar-refractivity contribution < 1.29 is 41.4 Å². The summed E-state index contributed by atoms with van der Waals surface area (Å²) < 4.78 is 59.6. The zero-order valence-corrected chi connectivity index (χ0v) is 21.4. The van der Waals surface area contributed by atoms with Gasteiger partial charge in [-0.25, -0.2) is 23.0 Å². The van der Waals surface area contributed by atoms with Gasteiger partial charge in [0.1, 0.15) is 11.4 Å². The average molecular weight is 534 g/mol. The minimum atomic E-state index is -5.08. The molecule has 1 heterocycles. The molecule has 0 atom stereocenters. The Labute approximate surface area is 208 Å². The van der Waals surface area contributed by atoms with Crippen LogP contribution in [0.1, 0.15) is 56.5 Å². The minimum absolute atomic E-state index is 0.0492. The monoisotopic (exact) mass is 533 g/mol. The van der Waals surface area contributed by atoms with E-state index in [4.69, 9.17) is 9.90 Å². The van der Waals surface area contributed by atoms with Crippen molar-refractivity contribution in [3.63, 3.8) is 0 Å². The summed E-state index contributed by atoms with van der Waals surface area (Å²) in [6, 6.07) is 7.94. The van der Waals surface area contributed by atoms with E-state index < -0.39 is 28.1 Å². The van der Waals surface area contributed by atoms with Crippen LogP contribution in [0.15, 0.2) is 41.4 Å². The van der Waals surface area contributed by atoms with Gasteiger partial charge in [-0.05, 0) is 35.6 Å². The Balaban J connectivity index is 0.000000809. The highest BCUT2D eigenvalue weighted by atomic mass is 32.2. The van der Waals surface area contributed by atoms with Crippen LogP contribution in [0.5, 0.6) is 0 Å². The lowest BCUT2D eigenvalue weighted by Gasteiger charge is -2.20. The number of halogens is 3. The fourth-order valence-electron chi connectivity index (χ4n) is 2.82. The van der Waals surface area contributed by atoms with Crippen LogP contribution in [-0.2, 0) is 20.2 Å². The van der Waals surface area contributed by atoms with Crippen molar-refractivity contribution in [3.8, 4) is 0 Å². The Morgan fingerprint density at radius 3 is 2.03 bits per heavy atom. The number of aromatic carboxylic acids is 1. The van der Waals surface area contributed by atoms with Crippen LogP contribution in [-0.4, -0.2) is 55.3 Å². The van der Waals surface area contributed by atoms with Crippen LogP contribution in [0, 0.1) is 0 Å². The van der Waals surface area contributed by atoms with E-state index in [0.29, 0.717) is 12.4 Å². The molecule has 3 N–H and O–H groups in total. The molecule has 2 rings (SSSR count). The molecule has 0 unspecified atom stereocenters. The molecule has 0 aliphatic carbocycles. The van der Waals surface area contributed by atoms with Gasteiger partial charge in [0.25, 0.3) is 10.0 Å². The summed E-state index contributed by atoms with van der Waals surface area (Å²) in [4.78, 5) is 26.6. The molecule has 0 aliphatic heterocycles. The number of rotatable bonds is 8. The van der Waals surface area contributed by atoms with Gasteiger partial charge in [-0.1, -0.05) is 46.2 Å². The number of unbranched alkanes of at least 4 members (excludes halogenated alkanes) is 1. The number of aromatic nitrogens is 1. The molecule has 9 nitrogen and oxygen atoms in total. The maximum Gasteiger partial charge on any atom is 0.490 e. The zero-order valence-electron chi connectivity index (χ0n) is 20.5. The Morgan fingerprint density at radius 2 is 1.61 bits per heavy atom. The summed E-state index contributed by atoms with van der Waals surface area (Å²) in [6.07, 6.45) is -1.87. The number of benzene rings is 1. The molecule has 13 heteroatoms. The van der Waals surface area contributed by atoms with E-state index >= 15 is 0 Å². The number of nitrogens with one attached hydrogen (secondary N) is 1. The summed E-state index contributed by atoms with van der Waals surface area (Å²) in [7, 11) is -2.09. The quantitative estimate of drug-likeness (QED) is 0.442. The smallest absolute Gasteiger partial charge is 0.478 e. The Bertz CT molecular complexity index is 1160. The third-order valence-electron chi connectivity index (χ3n) is 4.83. The van der Waals surface area contributed by atoms with Crippen LogP contribution in [0.3, 0.4) is 0 Å². The molecular formula is C23H30F3N3O6S. The molecule has 36 heavy (non-hydrogen) atoms. The fourth-order valence-corrected chi connectivity index (χ4v) is 3.86. The lowest BCUT2D eigenvalue weighted by Crippen LogP contribution is -2.23. The number of carboxylic acids is 2. The number of hydrogen-bond acceptors (Lipinski definition) is 6. The Kier molecular flexibility index (Phi) is 10.3. The number of nitrogens with zero attached hydrogens (tertiary/aromatic N) is 2. The van der Waals surface area contributed by atoms with E-state index in [9.17, 15) is 31.5 Å². The molecule has 2 aromatic rings. The number of pyridine rings is 1. The van der Waals surface area contributed by atoms with Crippen LogP contribution in [0.4, 0.5) is 24.7 Å². The number of hydrogen-bond donors (Lipinski definition) is 3. The predicted octanol–water partition coefficient (Wildman–Crippen LogP) is 4.75. The second kappa shape index (κ2) is 12.1. The van der Waals surface area contributed by atoms with Gasteiger partial charge in [-0.15, -0.1) is 0 Å². The standard InChI is InChI=1S/C21H29N3O4S.C2HF3O2/c1-6-7-12-24(5)19-18(20(25)26)13-16(14-22-19)23-29(27,28)17-10-8-15(9-11-17)21(2,3)4;3-2(4,5)1(6)7/h8-11,13-14,23H,6-7,12H2,1-5H3,(H,25,26);(H,6,7). The first kappa shape index (κ1) is 30.7. The Morgan fingerprint density at radius 1 is 1.08 bits per heavy atom. The number of carboxylic acid groups (broad SMARTS) is 2.